The quantitative estimate of drug-likeness (QED) is 0.770. The van der Waals surface area contributed by atoms with Gasteiger partial charge < -0.3 is 19.6 Å². The molecule has 0 radical (unpaired) electrons. The Morgan fingerprint density at radius 3 is 2.29 bits per heavy atom. The van der Waals surface area contributed by atoms with Crippen LogP contribution in [0.15, 0.2) is 0 Å². The van der Waals surface area contributed by atoms with E-state index in [-0.39, 0.29) is 18.4 Å². The van der Waals surface area contributed by atoms with Crippen LogP contribution in [0.3, 0.4) is 0 Å². The number of carbonyl (C=O) groups is 3. The van der Waals surface area contributed by atoms with E-state index < -0.39 is 11.4 Å². The summed E-state index contributed by atoms with van der Waals surface area (Å²) in [6.07, 6.45) is 1.66. The average Bonchev–Trinajstić information content (AvgIpc) is 2.51. The number of esters is 1. The van der Waals surface area contributed by atoms with Crippen LogP contribution >= 0.6 is 0 Å². The highest BCUT2D eigenvalue weighted by Crippen LogP contribution is 2.35. The van der Waals surface area contributed by atoms with Gasteiger partial charge in [0.25, 0.3) is 0 Å². The van der Waals surface area contributed by atoms with Crippen LogP contribution in [0.2, 0.25) is 0 Å². The lowest BCUT2D eigenvalue weighted by Gasteiger charge is -2.39. The maximum absolute atomic E-state index is 12.2. The molecule has 21 heavy (non-hydrogen) atoms. The maximum atomic E-state index is 12.2. The lowest BCUT2D eigenvalue weighted by Crippen LogP contribution is -2.50. The Morgan fingerprint density at radius 1 is 1.29 bits per heavy atom. The van der Waals surface area contributed by atoms with Gasteiger partial charge in [-0.1, -0.05) is 6.92 Å². The molecule has 1 aliphatic rings. The largest absolute Gasteiger partial charge is 0.481 e. The summed E-state index contributed by atoms with van der Waals surface area (Å²) < 4.78 is 4.54. The highest BCUT2D eigenvalue weighted by Gasteiger charge is 2.41. The minimum atomic E-state index is -0.781. The number of carboxylic acid groups (broad SMARTS) is 1. The van der Waals surface area contributed by atoms with Crippen LogP contribution in [0.4, 0.5) is 4.79 Å². The zero-order valence-electron chi connectivity index (χ0n) is 12.9. The second-order valence-electron chi connectivity index (χ2n) is 5.46. The lowest BCUT2D eigenvalue weighted by atomic mass is 9.76. The molecule has 0 unspecified atom stereocenters. The number of urea groups is 1. The Hall–Kier alpha value is -1.79. The number of rotatable bonds is 5. The van der Waals surface area contributed by atoms with Crippen LogP contribution in [-0.4, -0.2) is 66.7 Å². The number of hydrogen-bond donors (Lipinski definition) is 1. The number of carboxylic acids is 1. The summed E-state index contributed by atoms with van der Waals surface area (Å²) in [6.45, 7) is 3.02. The summed E-state index contributed by atoms with van der Waals surface area (Å²) in [7, 11) is 2.94. The number of methoxy groups -OCH3 is 1. The van der Waals surface area contributed by atoms with E-state index in [9.17, 15) is 19.5 Å². The number of amides is 2. The van der Waals surface area contributed by atoms with Crippen molar-refractivity contribution in [1.82, 2.24) is 9.80 Å². The molecule has 1 N–H and O–H groups in total. The second kappa shape index (κ2) is 7.28. The van der Waals surface area contributed by atoms with Gasteiger partial charge in [-0.25, -0.2) is 4.79 Å². The molecule has 7 heteroatoms. The highest BCUT2D eigenvalue weighted by molar-refractivity contribution is 5.77. The predicted molar refractivity (Wildman–Crippen MR) is 75.8 cm³/mol. The Balaban J connectivity index is 2.51. The average molecular weight is 300 g/mol. The first-order valence-electron chi connectivity index (χ1n) is 7.16. The van der Waals surface area contributed by atoms with Gasteiger partial charge in [-0.2, -0.15) is 0 Å². The molecular formula is C14H24N2O5. The van der Waals surface area contributed by atoms with Gasteiger partial charge in [-0.15, -0.1) is 0 Å². The fourth-order valence-corrected chi connectivity index (χ4v) is 2.54. The van der Waals surface area contributed by atoms with Crippen molar-refractivity contribution in [3.05, 3.63) is 0 Å². The summed E-state index contributed by atoms with van der Waals surface area (Å²) in [5, 5.41) is 9.33. The van der Waals surface area contributed by atoms with E-state index in [1.807, 2.05) is 6.92 Å². The third-order valence-corrected chi connectivity index (χ3v) is 4.33. The summed E-state index contributed by atoms with van der Waals surface area (Å²) in [5.41, 5.74) is -0.707. The van der Waals surface area contributed by atoms with Crippen LogP contribution < -0.4 is 0 Å². The Labute approximate surface area is 124 Å². The minimum absolute atomic E-state index is 0.153. The predicted octanol–water partition coefficient (Wildman–Crippen LogP) is 1.18. The number of aliphatic carboxylic acids is 1. The topological polar surface area (TPSA) is 87.2 Å². The molecule has 0 aromatic heterocycles. The zero-order chi connectivity index (χ0) is 16.0. The monoisotopic (exact) mass is 300 g/mol. The molecule has 0 atom stereocenters. The smallest absolute Gasteiger partial charge is 0.319 e. The molecule has 0 aromatic carbocycles. The molecule has 1 rings (SSSR count). The summed E-state index contributed by atoms with van der Waals surface area (Å²) >= 11 is 0. The molecule has 0 aromatic rings. The van der Waals surface area contributed by atoms with Crippen molar-refractivity contribution in [2.24, 2.45) is 5.41 Å². The van der Waals surface area contributed by atoms with Crippen LogP contribution in [-0.2, 0) is 14.3 Å². The molecule has 7 nitrogen and oxygen atoms in total. The summed E-state index contributed by atoms with van der Waals surface area (Å²) in [5.74, 6) is -1.14. The van der Waals surface area contributed by atoms with E-state index in [4.69, 9.17) is 0 Å². The number of ether oxygens (including phenoxy) is 1. The van der Waals surface area contributed by atoms with Crippen LogP contribution in [0.1, 0.15) is 32.6 Å². The van der Waals surface area contributed by atoms with Gasteiger partial charge in [0.15, 0.2) is 0 Å². The minimum Gasteiger partial charge on any atom is -0.481 e. The van der Waals surface area contributed by atoms with E-state index in [0.29, 0.717) is 38.9 Å². The van der Waals surface area contributed by atoms with E-state index in [2.05, 4.69) is 4.74 Å². The Morgan fingerprint density at radius 2 is 1.86 bits per heavy atom. The summed E-state index contributed by atoms with van der Waals surface area (Å²) in [4.78, 5) is 37.8. The van der Waals surface area contributed by atoms with Gasteiger partial charge in [-0.3, -0.25) is 9.59 Å². The molecular weight excluding hydrogens is 276 g/mol. The fourth-order valence-electron chi connectivity index (χ4n) is 2.54. The van der Waals surface area contributed by atoms with Gasteiger partial charge in [-0.05, 0) is 19.3 Å². The van der Waals surface area contributed by atoms with Crippen molar-refractivity contribution >= 4 is 18.0 Å². The number of carbonyl (C=O) groups excluding carboxylic acids is 2. The Kier molecular flexibility index (Phi) is 5.99. The standard InChI is InChI=1S/C14H24N2O5/c1-4-14(12(18)19)6-9-16(10-7-14)13(20)15(2)8-5-11(17)21-3/h4-10H2,1-3H3,(H,18,19). The first-order chi connectivity index (χ1) is 9.86. The number of likely N-dealkylation sites (tertiary alicyclic amines) is 1. The lowest BCUT2D eigenvalue weighted by molar-refractivity contribution is -0.152. The van der Waals surface area contributed by atoms with Crippen molar-refractivity contribution in [3.63, 3.8) is 0 Å². The van der Waals surface area contributed by atoms with Gasteiger partial charge in [0.05, 0.1) is 18.9 Å². The van der Waals surface area contributed by atoms with Crippen molar-refractivity contribution in [3.8, 4) is 0 Å². The summed E-state index contributed by atoms with van der Waals surface area (Å²) in [6, 6.07) is -0.172. The third-order valence-electron chi connectivity index (χ3n) is 4.33. The van der Waals surface area contributed by atoms with Gasteiger partial charge in [0.2, 0.25) is 0 Å². The SMILES string of the molecule is CCC1(C(=O)O)CCN(C(=O)N(C)CCC(=O)OC)CC1. The van der Waals surface area contributed by atoms with Gasteiger partial charge in [0.1, 0.15) is 0 Å². The maximum Gasteiger partial charge on any atom is 0.319 e. The molecule has 0 aliphatic carbocycles. The normalized spacial score (nSPS) is 17.2. The molecule has 1 aliphatic heterocycles. The van der Waals surface area contributed by atoms with Gasteiger partial charge in [0, 0.05) is 26.7 Å². The van der Waals surface area contributed by atoms with Crippen LogP contribution in [0, 0.1) is 5.41 Å². The first-order valence-corrected chi connectivity index (χ1v) is 7.16. The van der Waals surface area contributed by atoms with E-state index in [0.717, 1.165) is 0 Å². The fraction of sp³-hybridized carbons (Fsp3) is 0.786. The molecule has 1 saturated heterocycles. The molecule has 0 spiro atoms. The first kappa shape index (κ1) is 17.3. The van der Waals surface area contributed by atoms with Crippen molar-refractivity contribution in [1.29, 1.82) is 0 Å². The molecule has 0 bridgehead atoms. The molecule has 2 amide bonds. The van der Waals surface area contributed by atoms with Gasteiger partial charge >= 0.3 is 18.0 Å². The zero-order valence-corrected chi connectivity index (χ0v) is 12.9. The van der Waals surface area contributed by atoms with Crippen molar-refractivity contribution < 1.29 is 24.2 Å². The molecule has 1 fully saturated rings. The molecule has 0 saturated carbocycles. The number of hydrogen-bond acceptors (Lipinski definition) is 4. The number of nitrogens with zero attached hydrogens (tertiary/aromatic N) is 2. The third kappa shape index (κ3) is 4.09. The van der Waals surface area contributed by atoms with E-state index in [1.165, 1.54) is 12.0 Å². The Bertz CT molecular complexity index is 402. The van der Waals surface area contributed by atoms with E-state index in [1.54, 1.807) is 11.9 Å². The van der Waals surface area contributed by atoms with Crippen LogP contribution in [0.5, 0.6) is 0 Å². The van der Waals surface area contributed by atoms with Crippen molar-refractivity contribution in [2.75, 3.05) is 33.8 Å². The highest BCUT2D eigenvalue weighted by atomic mass is 16.5. The molecule has 120 valence electrons. The molecule has 1 heterocycles. The number of piperidine rings is 1. The van der Waals surface area contributed by atoms with Crippen LogP contribution in [0.25, 0.3) is 0 Å². The van der Waals surface area contributed by atoms with Crippen molar-refractivity contribution in [2.45, 2.75) is 32.6 Å². The van der Waals surface area contributed by atoms with E-state index >= 15 is 0 Å². The second-order valence-corrected chi connectivity index (χ2v) is 5.46.